The number of carbonyl (C=O) groups is 2. The maximum atomic E-state index is 12.1. The van der Waals surface area contributed by atoms with Gasteiger partial charge in [0.15, 0.2) is 0 Å². The van der Waals surface area contributed by atoms with Gasteiger partial charge in [-0.25, -0.2) is 0 Å². The quantitative estimate of drug-likeness (QED) is 0.244. The van der Waals surface area contributed by atoms with Crippen molar-refractivity contribution in [1.29, 1.82) is 0 Å². The molecule has 0 saturated heterocycles. The summed E-state index contributed by atoms with van der Waals surface area (Å²) in [7, 11) is 0. The number of benzene rings is 2. The number of carbonyl (C=O) groups excluding carboxylic acids is 2. The summed E-state index contributed by atoms with van der Waals surface area (Å²) in [6.45, 7) is 21.9. The summed E-state index contributed by atoms with van der Waals surface area (Å²) in [5, 5.41) is 0. The van der Waals surface area contributed by atoms with Crippen molar-refractivity contribution < 1.29 is 9.59 Å². The van der Waals surface area contributed by atoms with Gasteiger partial charge in [0.25, 0.3) is 0 Å². The molecule has 2 rings (SSSR count). The van der Waals surface area contributed by atoms with Crippen molar-refractivity contribution >= 4 is 24.3 Å². The second-order valence-electron chi connectivity index (χ2n) is 12.5. The third-order valence-electron chi connectivity index (χ3n) is 6.67. The maximum Gasteiger partial charge on any atom is 0.150 e. The molecule has 0 radical (unpaired) electrons. The van der Waals surface area contributed by atoms with Crippen LogP contribution >= 0.6 is 11.8 Å². The van der Waals surface area contributed by atoms with Crippen molar-refractivity contribution in [2.45, 2.75) is 122 Å². The number of unbranched alkanes of at least 4 members (excludes halogenated alkanes) is 2. The van der Waals surface area contributed by atoms with Crippen molar-refractivity contribution in [2.75, 3.05) is 0 Å². The van der Waals surface area contributed by atoms with Crippen molar-refractivity contribution in [3.63, 3.8) is 0 Å². The van der Waals surface area contributed by atoms with Crippen LogP contribution in [0.3, 0.4) is 0 Å². The molecule has 192 valence electrons. The second kappa shape index (κ2) is 11.9. The van der Waals surface area contributed by atoms with Gasteiger partial charge in [-0.2, -0.15) is 0 Å². The minimum atomic E-state index is -0.125. The highest BCUT2D eigenvalue weighted by atomic mass is 32.2. The van der Waals surface area contributed by atoms with Crippen LogP contribution in [0.2, 0.25) is 0 Å². The molecule has 0 amide bonds. The summed E-state index contributed by atoms with van der Waals surface area (Å²) in [4.78, 5) is 26.4. The molecule has 0 N–H and O–H groups in total. The lowest BCUT2D eigenvalue weighted by atomic mass is 9.78. The van der Waals surface area contributed by atoms with Crippen molar-refractivity contribution in [2.24, 2.45) is 5.92 Å². The van der Waals surface area contributed by atoms with Gasteiger partial charge in [-0.05, 0) is 89.5 Å². The van der Waals surface area contributed by atoms with Crippen molar-refractivity contribution in [1.82, 2.24) is 0 Å². The van der Waals surface area contributed by atoms with Crippen LogP contribution in [-0.4, -0.2) is 12.6 Å². The Bertz CT molecular complexity index is 1050. The van der Waals surface area contributed by atoms with E-state index in [0.29, 0.717) is 0 Å². The standard InChI is InChI=1S/C32H46O2S/c1-21(2)14-12-11-13-15-26-29(32(8,9)10)25(20-34)17-23(4)30(26)35-28-18-27(31(5,6)7)24(19-33)16-22(28)3/h16-21H,11-15H2,1-10H3. The summed E-state index contributed by atoms with van der Waals surface area (Å²) in [5.74, 6) is 0.737. The Morgan fingerprint density at radius 2 is 1.40 bits per heavy atom. The molecule has 0 spiro atoms. The number of rotatable bonds is 10. The molecule has 2 nitrogen and oxygen atoms in total. The summed E-state index contributed by atoms with van der Waals surface area (Å²) in [6, 6.07) is 6.30. The molecular weight excluding hydrogens is 448 g/mol. The molecule has 0 bridgehead atoms. The highest BCUT2D eigenvalue weighted by molar-refractivity contribution is 7.99. The van der Waals surface area contributed by atoms with Crippen molar-refractivity contribution in [3.05, 3.63) is 57.1 Å². The van der Waals surface area contributed by atoms with E-state index in [1.165, 1.54) is 40.2 Å². The van der Waals surface area contributed by atoms with E-state index in [-0.39, 0.29) is 10.8 Å². The van der Waals surface area contributed by atoms with Crippen molar-refractivity contribution in [3.8, 4) is 0 Å². The molecule has 0 aliphatic heterocycles. The number of aldehydes is 2. The van der Waals surface area contributed by atoms with E-state index >= 15 is 0 Å². The van der Waals surface area contributed by atoms with Gasteiger partial charge in [-0.1, -0.05) is 86.4 Å². The lowest BCUT2D eigenvalue weighted by Crippen LogP contribution is -2.19. The van der Waals surface area contributed by atoms with Gasteiger partial charge in [0.1, 0.15) is 12.6 Å². The number of hydrogen-bond donors (Lipinski definition) is 0. The van der Waals surface area contributed by atoms with E-state index in [0.717, 1.165) is 59.1 Å². The molecular formula is C32H46O2S. The minimum absolute atomic E-state index is 0.120. The van der Waals surface area contributed by atoms with Gasteiger partial charge in [-0.3, -0.25) is 9.59 Å². The molecule has 0 aliphatic carbocycles. The van der Waals surface area contributed by atoms with E-state index < -0.39 is 0 Å². The van der Waals surface area contributed by atoms with E-state index in [1.54, 1.807) is 11.8 Å². The first kappa shape index (κ1) is 29.4. The normalized spacial score (nSPS) is 12.3. The van der Waals surface area contributed by atoms with Gasteiger partial charge >= 0.3 is 0 Å². The van der Waals surface area contributed by atoms with Gasteiger partial charge in [0.05, 0.1) is 0 Å². The van der Waals surface area contributed by atoms with Gasteiger partial charge < -0.3 is 0 Å². The third kappa shape index (κ3) is 7.56. The molecule has 0 heterocycles. The monoisotopic (exact) mass is 494 g/mol. The topological polar surface area (TPSA) is 34.1 Å². The zero-order valence-electron chi connectivity index (χ0n) is 23.7. The average Bonchev–Trinajstić information content (AvgIpc) is 2.73. The Morgan fingerprint density at radius 1 is 0.800 bits per heavy atom. The van der Waals surface area contributed by atoms with Crippen LogP contribution in [0.5, 0.6) is 0 Å². The van der Waals surface area contributed by atoms with Crippen LogP contribution in [0.25, 0.3) is 0 Å². The lowest BCUT2D eigenvalue weighted by molar-refractivity contribution is 0.111. The van der Waals surface area contributed by atoms with E-state index in [9.17, 15) is 9.59 Å². The first-order valence-electron chi connectivity index (χ1n) is 13.1. The van der Waals surface area contributed by atoms with Crippen LogP contribution in [0.4, 0.5) is 0 Å². The largest absolute Gasteiger partial charge is 0.298 e. The fourth-order valence-electron chi connectivity index (χ4n) is 4.96. The Morgan fingerprint density at radius 3 is 1.91 bits per heavy atom. The van der Waals surface area contributed by atoms with Gasteiger partial charge in [-0.15, -0.1) is 0 Å². The molecule has 2 aromatic rings. The van der Waals surface area contributed by atoms with Crippen LogP contribution < -0.4 is 0 Å². The first-order valence-corrected chi connectivity index (χ1v) is 13.9. The number of hydrogen-bond acceptors (Lipinski definition) is 3. The minimum Gasteiger partial charge on any atom is -0.298 e. The summed E-state index contributed by atoms with van der Waals surface area (Å²) < 4.78 is 0. The SMILES string of the molecule is Cc1cc(C=O)c(C(C)(C)C)cc1Sc1c(C)cc(C=O)c(C(C)(C)C)c1CCCCCC(C)C. The first-order chi connectivity index (χ1) is 16.2. The molecule has 3 heteroatoms. The highest BCUT2D eigenvalue weighted by Gasteiger charge is 2.27. The number of aryl methyl sites for hydroxylation is 2. The molecule has 0 aromatic heterocycles. The van der Waals surface area contributed by atoms with E-state index in [1.807, 2.05) is 6.07 Å². The summed E-state index contributed by atoms with van der Waals surface area (Å²) in [6.07, 6.45) is 7.84. The summed E-state index contributed by atoms with van der Waals surface area (Å²) >= 11 is 1.80. The lowest BCUT2D eigenvalue weighted by Gasteiger charge is -2.29. The molecule has 0 atom stereocenters. The molecule has 0 unspecified atom stereocenters. The molecule has 0 fully saturated rings. The van der Waals surface area contributed by atoms with Crippen LogP contribution in [0.15, 0.2) is 28.0 Å². The fraction of sp³-hybridized carbons (Fsp3) is 0.562. The smallest absolute Gasteiger partial charge is 0.150 e. The Labute approximate surface area is 218 Å². The second-order valence-corrected chi connectivity index (χ2v) is 13.6. The predicted octanol–water partition coefficient (Wildman–Crippen LogP) is 9.43. The van der Waals surface area contributed by atoms with E-state index in [4.69, 9.17) is 0 Å². The zero-order valence-corrected chi connectivity index (χ0v) is 24.5. The molecule has 2 aromatic carbocycles. The molecule has 35 heavy (non-hydrogen) atoms. The fourth-order valence-corrected chi connectivity index (χ4v) is 6.13. The Kier molecular flexibility index (Phi) is 9.99. The molecule has 0 aliphatic rings. The Balaban J connectivity index is 2.63. The van der Waals surface area contributed by atoms with Crippen LogP contribution in [0.1, 0.15) is 130 Å². The van der Waals surface area contributed by atoms with Crippen LogP contribution in [-0.2, 0) is 17.3 Å². The van der Waals surface area contributed by atoms with Crippen LogP contribution in [0, 0.1) is 19.8 Å². The van der Waals surface area contributed by atoms with E-state index in [2.05, 4.69) is 81.4 Å². The summed E-state index contributed by atoms with van der Waals surface area (Å²) in [5.41, 5.74) is 7.20. The zero-order chi connectivity index (χ0) is 26.6. The Hall–Kier alpha value is -1.87. The molecule has 0 saturated carbocycles. The third-order valence-corrected chi connectivity index (χ3v) is 8.11. The maximum absolute atomic E-state index is 12.1. The predicted molar refractivity (Wildman–Crippen MR) is 152 cm³/mol. The highest BCUT2D eigenvalue weighted by Crippen LogP contribution is 2.43. The van der Waals surface area contributed by atoms with Gasteiger partial charge in [0.2, 0.25) is 0 Å². The van der Waals surface area contributed by atoms with Gasteiger partial charge in [0, 0.05) is 20.9 Å². The average molecular weight is 495 g/mol.